The molecule has 0 saturated carbocycles. The molecule has 0 radical (unpaired) electrons. The van der Waals surface area contributed by atoms with Crippen molar-refractivity contribution in [2.45, 2.75) is 43.9 Å². The summed E-state index contributed by atoms with van der Waals surface area (Å²) in [6, 6.07) is 4.14. The number of carbonyl (C=O) groups is 3. The van der Waals surface area contributed by atoms with E-state index in [9.17, 15) is 19.5 Å². The van der Waals surface area contributed by atoms with Crippen molar-refractivity contribution in [1.82, 2.24) is 25.4 Å². The minimum absolute atomic E-state index is 0.179. The Bertz CT molecular complexity index is 1190. The SMILES string of the molecule is CN1CCc2nc(C(=O)N[C@@H]3CN(C(=O)CO)CC[C@@H]3NC(=O)C3Cc4cc(Cl)ccc4N3)sc2C1. The molecule has 5 rings (SSSR count). The quantitative estimate of drug-likeness (QED) is 0.445. The lowest BCUT2D eigenvalue weighted by Crippen LogP contribution is -2.62. The van der Waals surface area contributed by atoms with Gasteiger partial charge in [-0.25, -0.2) is 4.98 Å². The van der Waals surface area contributed by atoms with E-state index in [1.54, 1.807) is 6.07 Å². The van der Waals surface area contributed by atoms with Crippen molar-refractivity contribution in [1.29, 1.82) is 0 Å². The van der Waals surface area contributed by atoms with Crippen molar-refractivity contribution < 1.29 is 19.5 Å². The summed E-state index contributed by atoms with van der Waals surface area (Å²) in [7, 11) is 2.04. The van der Waals surface area contributed by atoms with Crippen LogP contribution in [0.4, 0.5) is 5.69 Å². The molecular weight excluding hydrogens is 504 g/mol. The zero-order valence-corrected chi connectivity index (χ0v) is 21.5. The fourth-order valence-electron chi connectivity index (χ4n) is 5.02. The molecule has 3 atom stereocenters. The summed E-state index contributed by atoms with van der Waals surface area (Å²) in [6.45, 7) is 1.64. The van der Waals surface area contributed by atoms with E-state index in [4.69, 9.17) is 11.6 Å². The average molecular weight is 533 g/mol. The summed E-state index contributed by atoms with van der Waals surface area (Å²) < 4.78 is 0. The maximum atomic E-state index is 13.2. The zero-order valence-electron chi connectivity index (χ0n) is 19.9. The fraction of sp³-hybridized carbons (Fsp3) is 0.500. The predicted molar refractivity (Wildman–Crippen MR) is 136 cm³/mol. The van der Waals surface area contributed by atoms with E-state index in [1.165, 1.54) is 16.2 Å². The van der Waals surface area contributed by atoms with Crippen LogP contribution in [-0.4, -0.2) is 89.0 Å². The molecule has 4 N–H and O–H groups in total. The molecule has 4 heterocycles. The number of likely N-dealkylation sites (N-methyl/N-ethyl adjacent to an activating group) is 1. The van der Waals surface area contributed by atoms with E-state index in [-0.39, 0.29) is 24.4 Å². The molecule has 2 aromatic rings. The second-order valence-electron chi connectivity index (χ2n) is 9.56. The Morgan fingerprint density at radius 1 is 1.25 bits per heavy atom. The third kappa shape index (κ3) is 5.19. The molecule has 1 saturated heterocycles. The first-order chi connectivity index (χ1) is 17.3. The van der Waals surface area contributed by atoms with Crippen LogP contribution < -0.4 is 16.0 Å². The first-order valence-electron chi connectivity index (χ1n) is 12.0. The van der Waals surface area contributed by atoms with Gasteiger partial charge in [-0.15, -0.1) is 11.3 Å². The Balaban J connectivity index is 1.28. The van der Waals surface area contributed by atoms with Crippen molar-refractivity contribution >= 4 is 46.3 Å². The maximum absolute atomic E-state index is 13.2. The molecular formula is C24H29ClN6O4S. The monoisotopic (exact) mass is 532 g/mol. The van der Waals surface area contributed by atoms with Gasteiger partial charge in [0.2, 0.25) is 11.8 Å². The number of nitrogens with one attached hydrogen (secondary N) is 3. The van der Waals surface area contributed by atoms with Crippen LogP contribution in [0.3, 0.4) is 0 Å². The van der Waals surface area contributed by atoms with E-state index in [0.29, 0.717) is 29.4 Å². The van der Waals surface area contributed by atoms with Gasteiger partial charge in [-0.3, -0.25) is 14.4 Å². The lowest BCUT2D eigenvalue weighted by atomic mass is 9.98. The number of rotatable bonds is 5. The first kappa shape index (κ1) is 24.9. The van der Waals surface area contributed by atoms with Gasteiger partial charge < -0.3 is 30.9 Å². The van der Waals surface area contributed by atoms with E-state index in [2.05, 4.69) is 25.8 Å². The second kappa shape index (κ2) is 10.3. The number of hydrogen-bond donors (Lipinski definition) is 4. The Morgan fingerprint density at radius 3 is 2.89 bits per heavy atom. The van der Waals surface area contributed by atoms with Crippen molar-refractivity contribution in [2.24, 2.45) is 0 Å². The van der Waals surface area contributed by atoms with E-state index in [1.807, 2.05) is 19.2 Å². The topological polar surface area (TPSA) is 127 Å². The molecule has 1 unspecified atom stereocenters. The number of carbonyl (C=O) groups excluding carboxylic acids is 3. The number of hydrogen-bond acceptors (Lipinski definition) is 8. The van der Waals surface area contributed by atoms with Gasteiger partial charge in [-0.05, 0) is 37.2 Å². The number of aliphatic hydroxyl groups excluding tert-OH is 1. The van der Waals surface area contributed by atoms with Crippen LogP contribution in [0.2, 0.25) is 5.02 Å². The molecule has 192 valence electrons. The Labute approximate surface area is 218 Å². The van der Waals surface area contributed by atoms with Crippen molar-refractivity contribution in [3.05, 3.63) is 44.4 Å². The Kier molecular flexibility index (Phi) is 7.16. The molecule has 1 fully saturated rings. The van der Waals surface area contributed by atoms with Crippen LogP contribution in [0.15, 0.2) is 18.2 Å². The number of halogens is 1. The van der Waals surface area contributed by atoms with Crippen molar-refractivity contribution in [2.75, 3.05) is 38.6 Å². The molecule has 0 bridgehead atoms. The smallest absolute Gasteiger partial charge is 0.280 e. The summed E-state index contributed by atoms with van der Waals surface area (Å²) in [5.41, 5.74) is 2.82. The van der Waals surface area contributed by atoms with Crippen LogP contribution in [0.25, 0.3) is 0 Å². The predicted octanol–water partition coefficient (Wildman–Crippen LogP) is 0.629. The van der Waals surface area contributed by atoms with Gasteiger partial charge >= 0.3 is 0 Å². The summed E-state index contributed by atoms with van der Waals surface area (Å²) >= 11 is 7.47. The number of nitrogens with zero attached hydrogens (tertiary/aromatic N) is 3. The van der Waals surface area contributed by atoms with Gasteiger partial charge in [0, 0.05) is 54.6 Å². The Hall–Kier alpha value is -2.73. The molecule has 3 amide bonds. The highest BCUT2D eigenvalue weighted by molar-refractivity contribution is 7.13. The number of likely N-dealkylation sites (tertiary alicyclic amines) is 1. The Morgan fingerprint density at radius 2 is 2.08 bits per heavy atom. The third-order valence-corrected chi connectivity index (χ3v) is 8.32. The number of anilines is 1. The molecule has 0 spiro atoms. The maximum Gasteiger partial charge on any atom is 0.280 e. The van der Waals surface area contributed by atoms with Gasteiger partial charge in [0.25, 0.3) is 5.91 Å². The standard InChI is InChI=1S/C24H29ClN6O4S/c1-30-6-4-17-20(11-30)36-24(29-17)23(35)28-19-10-31(21(33)12-32)7-5-16(19)27-22(34)18-9-13-8-14(25)2-3-15(13)26-18/h2-3,8,16,18-19,26,32H,4-7,9-12H2,1H3,(H,27,34)(H,28,35)/t16-,18?,19+/m0/s1. The molecule has 3 aliphatic heterocycles. The molecule has 0 aliphatic carbocycles. The highest BCUT2D eigenvalue weighted by Gasteiger charge is 2.36. The van der Waals surface area contributed by atoms with Gasteiger partial charge in [-0.2, -0.15) is 0 Å². The molecule has 3 aliphatic rings. The van der Waals surface area contributed by atoms with Crippen LogP contribution in [0.5, 0.6) is 0 Å². The lowest BCUT2D eigenvalue weighted by molar-refractivity contribution is -0.136. The minimum Gasteiger partial charge on any atom is -0.387 e. The summed E-state index contributed by atoms with van der Waals surface area (Å²) in [6.07, 6.45) is 1.77. The van der Waals surface area contributed by atoms with E-state index < -0.39 is 24.6 Å². The van der Waals surface area contributed by atoms with Crippen LogP contribution >= 0.6 is 22.9 Å². The number of aliphatic hydroxyl groups is 1. The number of piperidine rings is 1. The van der Waals surface area contributed by atoms with Gasteiger partial charge in [-0.1, -0.05) is 11.6 Å². The minimum atomic E-state index is -0.600. The van der Waals surface area contributed by atoms with Crippen LogP contribution in [-0.2, 0) is 29.0 Å². The highest BCUT2D eigenvalue weighted by Crippen LogP contribution is 2.29. The number of thiazole rings is 1. The molecule has 10 nitrogen and oxygen atoms in total. The number of benzene rings is 1. The lowest BCUT2D eigenvalue weighted by Gasteiger charge is -2.39. The summed E-state index contributed by atoms with van der Waals surface area (Å²) in [4.78, 5) is 47.8. The molecule has 1 aromatic carbocycles. The van der Waals surface area contributed by atoms with Gasteiger partial charge in [0.05, 0.1) is 17.8 Å². The molecule has 12 heteroatoms. The number of fused-ring (bicyclic) bond motifs is 2. The second-order valence-corrected chi connectivity index (χ2v) is 11.1. The van der Waals surface area contributed by atoms with Crippen LogP contribution in [0.1, 0.15) is 32.4 Å². The van der Waals surface area contributed by atoms with E-state index >= 15 is 0 Å². The van der Waals surface area contributed by atoms with Crippen LogP contribution in [0, 0.1) is 0 Å². The molecule has 1 aromatic heterocycles. The van der Waals surface area contributed by atoms with Crippen molar-refractivity contribution in [3.63, 3.8) is 0 Å². The van der Waals surface area contributed by atoms with E-state index in [0.717, 1.165) is 41.3 Å². The third-order valence-electron chi connectivity index (χ3n) is 7.00. The molecule has 36 heavy (non-hydrogen) atoms. The normalized spacial score (nSPS) is 23.4. The first-order valence-corrected chi connectivity index (χ1v) is 13.2. The summed E-state index contributed by atoms with van der Waals surface area (Å²) in [5, 5.41) is 19.6. The number of aromatic nitrogens is 1. The summed E-state index contributed by atoms with van der Waals surface area (Å²) in [5.74, 6) is -0.904. The average Bonchev–Trinajstić information content (AvgIpc) is 3.48. The highest BCUT2D eigenvalue weighted by atomic mass is 35.5. The number of amides is 3. The zero-order chi connectivity index (χ0) is 25.4. The van der Waals surface area contributed by atoms with Gasteiger partial charge in [0.1, 0.15) is 12.6 Å². The van der Waals surface area contributed by atoms with Gasteiger partial charge in [0.15, 0.2) is 5.01 Å². The fourth-order valence-corrected chi connectivity index (χ4v) is 6.31. The largest absolute Gasteiger partial charge is 0.387 e. The van der Waals surface area contributed by atoms with Crippen molar-refractivity contribution in [3.8, 4) is 0 Å².